The Balaban J connectivity index is 1.17. The van der Waals surface area contributed by atoms with E-state index in [-0.39, 0.29) is 18.9 Å². The molecule has 0 saturated heterocycles. The molecule has 4 aromatic rings. The van der Waals surface area contributed by atoms with Gasteiger partial charge in [-0.05, 0) is 64.2 Å². The van der Waals surface area contributed by atoms with E-state index in [2.05, 4.69) is 5.32 Å². The number of rotatable bonds is 9. The molecule has 8 heteroatoms. The minimum Gasteiger partial charge on any atom is -0.480 e. The highest BCUT2D eigenvalue weighted by atomic mass is 16.5. The summed E-state index contributed by atoms with van der Waals surface area (Å²) >= 11 is 0. The Morgan fingerprint density at radius 1 is 0.775 bits per heavy atom. The quantitative estimate of drug-likeness (QED) is 0.201. The number of carboxylic acids is 1. The summed E-state index contributed by atoms with van der Waals surface area (Å²) in [7, 11) is 0. The van der Waals surface area contributed by atoms with Crippen molar-refractivity contribution in [2.45, 2.75) is 25.3 Å². The summed E-state index contributed by atoms with van der Waals surface area (Å²) < 4.78 is 16.3. The molecule has 0 aliphatic heterocycles. The van der Waals surface area contributed by atoms with Gasteiger partial charge in [0.25, 0.3) is 0 Å². The van der Waals surface area contributed by atoms with Gasteiger partial charge in [0.1, 0.15) is 29.9 Å². The minimum absolute atomic E-state index is 0.0664. The number of carboxylic acid groups (broad SMARTS) is 1. The number of carbonyl (C=O) groups is 3. The number of hydrogen-bond donors (Lipinski definition) is 2. The van der Waals surface area contributed by atoms with Gasteiger partial charge in [0, 0.05) is 19.3 Å². The molecule has 40 heavy (non-hydrogen) atoms. The molecule has 1 amide bonds. The average molecular weight is 538 g/mol. The van der Waals surface area contributed by atoms with Crippen molar-refractivity contribution >= 4 is 18.0 Å². The van der Waals surface area contributed by atoms with E-state index in [1.54, 1.807) is 48.5 Å². The number of aliphatic carboxylic acids is 1. The summed E-state index contributed by atoms with van der Waals surface area (Å²) in [6.45, 7) is 1.42. The third-order valence-electron chi connectivity index (χ3n) is 6.62. The maximum absolute atomic E-state index is 12.6. The largest absolute Gasteiger partial charge is 0.480 e. The molecule has 0 unspecified atom stereocenters. The fourth-order valence-electron chi connectivity index (χ4n) is 4.79. The van der Waals surface area contributed by atoms with Gasteiger partial charge in [0.2, 0.25) is 0 Å². The van der Waals surface area contributed by atoms with E-state index in [0.29, 0.717) is 22.8 Å². The molecule has 0 bridgehead atoms. The first kappa shape index (κ1) is 26.5. The van der Waals surface area contributed by atoms with Gasteiger partial charge in [-0.2, -0.15) is 0 Å². The molecule has 1 aliphatic rings. The second-order valence-corrected chi connectivity index (χ2v) is 9.38. The lowest BCUT2D eigenvalue weighted by Gasteiger charge is -2.17. The van der Waals surface area contributed by atoms with Crippen LogP contribution >= 0.6 is 0 Å². The lowest BCUT2D eigenvalue weighted by atomic mass is 9.98. The van der Waals surface area contributed by atoms with Gasteiger partial charge in [-0.15, -0.1) is 0 Å². The van der Waals surface area contributed by atoms with E-state index >= 15 is 0 Å². The number of nitrogens with one attached hydrogen (secondary N) is 1. The number of ether oxygens (including phenoxy) is 3. The molecule has 0 saturated carbocycles. The highest BCUT2D eigenvalue weighted by Gasteiger charge is 2.29. The van der Waals surface area contributed by atoms with Gasteiger partial charge in [0.05, 0.1) is 0 Å². The number of fused-ring (bicyclic) bond motifs is 3. The summed E-state index contributed by atoms with van der Waals surface area (Å²) in [5.74, 6) is -0.186. The number of hydrogen-bond acceptors (Lipinski definition) is 6. The van der Waals surface area contributed by atoms with Crippen molar-refractivity contribution in [3.8, 4) is 28.4 Å². The molecule has 1 aliphatic carbocycles. The van der Waals surface area contributed by atoms with Crippen molar-refractivity contribution in [2.75, 3.05) is 6.61 Å². The van der Waals surface area contributed by atoms with E-state index in [1.807, 2.05) is 48.5 Å². The number of esters is 1. The van der Waals surface area contributed by atoms with Crippen LogP contribution in [-0.2, 0) is 20.7 Å². The predicted octanol–water partition coefficient (Wildman–Crippen LogP) is 5.94. The van der Waals surface area contributed by atoms with Crippen molar-refractivity contribution in [1.29, 1.82) is 0 Å². The summed E-state index contributed by atoms with van der Waals surface area (Å²) in [5.41, 5.74) is 5.08. The number of benzene rings is 4. The van der Waals surface area contributed by atoms with E-state index in [0.717, 1.165) is 22.3 Å². The lowest BCUT2D eigenvalue weighted by Crippen LogP contribution is -2.42. The number of amides is 1. The van der Waals surface area contributed by atoms with Crippen LogP contribution in [0.2, 0.25) is 0 Å². The van der Waals surface area contributed by atoms with Gasteiger partial charge in [-0.1, -0.05) is 60.7 Å². The summed E-state index contributed by atoms with van der Waals surface area (Å²) in [4.78, 5) is 35.6. The highest BCUT2D eigenvalue weighted by molar-refractivity contribution is 5.81. The zero-order valence-electron chi connectivity index (χ0n) is 21.7. The molecular formula is C32H27NO7. The Morgan fingerprint density at radius 2 is 1.30 bits per heavy atom. The molecular weight excluding hydrogens is 510 g/mol. The van der Waals surface area contributed by atoms with E-state index in [4.69, 9.17) is 14.2 Å². The SMILES string of the molecule is CC(=O)Oc1ccc(Oc2ccc(C[C@H](NC(=O)OCC3c4ccccc4-c4ccccc43)C(=O)O)cc2)cc1. The normalized spacial score (nSPS) is 12.5. The highest BCUT2D eigenvalue weighted by Crippen LogP contribution is 2.44. The first-order valence-corrected chi connectivity index (χ1v) is 12.8. The van der Waals surface area contributed by atoms with Crippen molar-refractivity contribution in [3.63, 3.8) is 0 Å². The van der Waals surface area contributed by atoms with Crippen LogP contribution in [0.5, 0.6) is 17.2 Å². The first-order chi connectivity index (χ1) is 19.4. The Bertz CT molecular complexity index is 1480. The monoisotopic (exact) mass is 537 g/mol. The molecule has 0 spiro atoms. The van der Waals surface area contributed by atoms with Gasteiger partial charge < -0.3 is 24.6 Å². The molecule has 2 N–H and O–H groups in total. The molecule has 0 heterocycles. The standard InChI is InChI=1S/C32H27NO7/c1-20(34)39-22-14-16-24(17-15-22)40-23-12-10-21(11-13-23)18-30(31(35)36)33-32(37)38-19-29-27-8-4-2-6-25(27)26-7-3-5-9-28(26)29/h2-17,29-30H,18-19H2,1H3,(H,33,37)(H,35,36)/t30-/m0/s1. The molecule has 202 valence electrons. The maximum Gasteiger partial charge on any atom is 0.407 e. The summed E-state index contributed by atoms with van der Waals surface area (Å²) in [6.07, 6.45) is -0.719. The lowest BCUT2D eigenvalue weighted by molar-refractivity contribution is -0.139. The molecule has 0 radical (unpaired) electrons. The zero-order chi connectivity index (χ0) is 28.1. The van der Waals surface area contributed by atoms with Gasteiger partial charge in [-0.25, -0.2) is 9.59 Å². The Hall–Kier alpha value is -5.11. The van der Waals surface area contributed by atoms with Crippen molar-refractivity contribution in [3.05, 3.63) is 114 Å². The molecule has 4 aromatic carbocycles. The average Bonchev–Trinajstić information content (AvgIpc) is 3.27. The van der Waals surface area contributed by atoms with Gasteiger partial charge in [-0.3, -0.25) is 4.79 Å². The van der Waals surface area contributed by atoms with E-state index in [1.165, 1.54) is 6.92 Å². The van der Waals surface area contributed by atoms with Crippen LogP contribution < -0.4 is 14.8 Å². The second-order valence-electron chi connectivity index (χ2n) is 9.38. The van der Waals surface area contributed by atoms with Crippen molar-refractivity contribution < 1.29 is 33.7 Å². The van der Waals surface area contributed by atoms with Crippen molar-refractivity contribution in [1.82, 2.24) is 5.32 Å². The molecule has 8 nitrogen and oxygen atoms in total. The summed E-state index contributed by atoms with van der Waals surface area (Å²) in [5, 5.41) is 12.2. The molecule has 0 fully saturated rings. The number of carbonyl (C=O) groups excluding carboxylic acids is 2. The van der Waals surface area contributed by atoms with Gasteiger partial charge in [0.15, 0.2) is 0 Å². The molecule has 1 atom stereocenters. The number of alkyl carbamates (subject to hydrolysis) is 1. The Kier molecular flexibility index (Phi) is 7.77. The third kappa shape index (κ3) is 6.13. The fraction of sp³-hybridized carbons (Fsp3) is 0.156. The summed E-state index contributed by atoms with van der Waals surface area (Å²) in [6, 6.07) is 28.3. The van der Waals surface area contributed by atoms with Crippen LogP contribution in [0, 0.1) is 0 Å². The maximum atomic E-state index is 12.6. The van der Waals surface area contributed by atoms with Crippen LogP contribution in [0.1, 0.15) is 29.5 Å². The van der Waals surface area contributed by atoms with E-state index < -0.39 is 24.1 Å². The van der Waals surface area contributed by atoms with Crippen LogP contribution in [0.3, 0.4) is 0 Å². The fourth-order valence-corrected chi connectivity index (χ4v) is 4.79. The second kappa shape index (κ2) is 11.7. The Labute approximate surface area is 231 Å². The van der Waals surface area contributed by atoms with Crippen LogP contribution in [0.25, 0.3) is 11.1 Å². The van der Waals surface area contributed by atoms with Crippen molar-refractivity contribution in [2.24, 2.45) is 0 Å². The predicted molar refractivity (Wildman–Crippen MR) is 148 cm³/mol. The van der Waals surface area contributed by atoms with Crippen LogP contribution in [0.4, 0.5) is 4.79 Å². The van der Waals surface area contributed by atoms with Crippen LogP contribution in [0.15, 0.2) is 97.1 Å². The van der Waals surface area contributed by atoms with E-state index in [9.17, 15) is 19.5 Å². The third-order valence-corrected chi connectivity index (χ3v) is 6.62. The Morgan fingerprint density at radius 3 is 1.85 bits per heavy atom. The topological polar surface area (TPSA) is 111 Å². The molecule has 0 aromatic heterocycles. The van der Waals surface area contributed by atoms with Crippen LogP contribution in [-0.4, -0.2) is 35.8 Å². The minimum atomic E-state index is -1.17. The smallest absolute Gasteiger partial charge is 0.407 e. The first-order valence-electron chi connectivity index (χ1n) is 12.8. The molecule has 5 rings (SSSR count). The zero-order valence-corrected chi connectivity index (χ0v) is 21.7. The van der Waals surface area contributed by atoms with Gasteiger partial charge >= 0.3 is 18.0 Å².